The Hall–Kier alpha value is -0.170. The molecule has 1 fully saturated rings. The second-order valence-electron chi connectivity index (χ2n) is 4.18. The Morgan fingerprint density at radius 1 is 1.53 bits per heavy atom. The van der Waals surface area contributed by atoms with Crippen molar-refractivity contribution in [1.82, 2.24) is 4.72 Å². The first kappa shape index (κ1) is 12.9. The summed E-state index contributed by atoms with van der Waals surface area (Å²) < 4.78 is 30.4. The molecule has 0 radical (unpaired) electrons. The largest absolute Gasteiger partial charge is 0.381 e. The fourth-order valence-electron chi connectivity index (χ4n) is 1.35. The molecule has 15 heavy (non-hydrogen) atoms. The Morgan fingerprint density at radius 2 is 2.13 bits per heavy atom. The molecule has 0 aromatic rings. The maximum Gasteiger partial charge on any atom is 0.214 e. The monoisotopic (exact) mass is 236 g/mol. The second-order valence-corrected chi connectivity index (χ2v) is 6.03. The molecule has 0 aromatic heterocycles. The Morgan fingerprint density at radius 3 is 2.60 bits per heavy atom. The molecule has 0 aromatic carbocycles. The quantitative estimate of drug-likeness (QED) is 0.634. The van der Waals surface area contributed by atoms with Gasteiger partial charge in [-0.25, -0.2) is 13.1 Å². The van der Waals surface area contributed by atoms with Gasteiger partial charge in [0.2, 0.25) is 10.0 Å². The van der Waals surface area contributed by atoms with Crippen LogP contribution in [-0.2, 0) is 14.8 Å². The van der Waals surface area contributed by atoms with Gasteiger partial charge in [-0.05, 0) is 25.7 Å². The Kier molecular flexibility index (Phi) is 4.51. The second kappa shape index (κ2) is 5.25. The van der Waals surface area contributed by atoms with Crippen molar-refractivity contribution in [2.45, 2.75) is 31.9 Å². The number of rotatable bonds is 7. The third kappa shape index (κ3) is 4.92. The first-order chi connectivity index (χ1) is 6.94. The summed E-state index contributed by atoms with van der Waals surface area (Å²) in [4.78, 5) is 0. The van der Waals surface area contributed by atoms with Crippen LogP contribution in [0.15, 0.2) is 0 Å². The summed E-state index contributed by atoms with van der Waals surface area (Å²) >= 11 is 0. The van der Waals surface area contributed by atoms with Crippen molar-refractivity contribution >= 4 is 10.0 Å². The van der Waals surface area contributed by atoms with Crippen molar-refractivity contribution in [3.63, 3.8) is 0 Å². The summed E-state index contributed by atoms with van der Waals surface area (Å²) in [5.74, 6) is 0.494. The average Bonchev–Trinajstić information content (AvgIpc) is 2.96. The van der Waals surface area contributed by atoms with Crippen LogP contribution >= 0.6 is 0 Å². The molecule has 1 aliphatic carbocycles. The molecule has 0 heterocycles. The minimum absolute atomic E-state index is 0.0130. The fraction of sp³-hybridized carbons (Fsp3) is 1.00. The van der Waals surface area contributed by atoms with E-state index in [2.05, 4.69) is 4.72 Å². The van der Waals surface area contributed by atoms with Crippen molar-refractivity contribution in [2.75, 3.05) is 19.4 Å². The van der Waals surface area contributed by atoms with Crippen molar-refractivity contribution in [1.29, 1.82) is 0 Å². The third-order valence-electron chi connectivity index (χ3n) is 2.62. The molecule has 3 N–H and O–H groups in total. The molecule has 90 valence electrons. The zero-order valence-electron chi connectivity index (χ0n) is 9.27. The van der Waals surface area contributed by atoms with Gasteiger partial charge in [0.25, 0.3) is 0 Å². The number of nitrogens with two attached hydrogens (primary N) is 1. The highest BCUT2D eigenvalue weighted by Crippen LogP contribution is 2.31. The maximum atomic E-state index is 11.5. The van der Waals surface area contributed by atoms with Gasteiger partial charge in [0.05, 0.1) is 11.9 Å². The van der Waals surface area contributed by atoms with Crippen molar-refractivity contribution in [2.24, 2.45) is 11.7 Å². The summed E-state index contributed by atoms with van der Waals surface area (Å²) in [7, 11) is -1.75. The number of nitrogens with one attached hydrogen (secondary N) is 1. The number of methoxy groups -OCH3 is 1. The van der Waals surface area contributed by atoms with E-state index < -0.39 is 10.0 Å². The van der Waals surface area contributed by atoms with E-state index in [0.29, 0.717) is 12.5 Å². The van der Waals surface area contributed by atoms with Crippen LogP contribution in [-0.4, -0.2) is 40.0 Å². The molecule has 2 unspecified atom stereocenters. The van der Waals surface area contributed by atoms with E-state index in [-0.39, 0.29) is 17.9 Å². The highest BCUT2D eigenvalue weighted by atomic mass is 32.2. The molecule has 0 amide bonds. The zero-order valence-corrected chi connectivity index (χ0v) is 10.1. The lowest BCUT2D eigenvalue weighted by Crippen LogP contribution is -2.41. The Bertz CT molecular complexity index is 288. The topological polar surface area (TPSA) is 81.4 Å². The minimum Gasteiger partial charge on any atom is -0.381 e. The van der Waals surface area contributed by atoms with Gasteiger partial charge in [0.1, 0.15) is 0 Å². The lowest BCUT2D eigenvalue weighted by atomic mass is 10.2. The molecular formula is C9H20N2O3S. The number of sulfonamides is 1. The highest BCUT2D eigenvalue weighted by molar-refractivity contribution is 7.89. The molecule has 0 bridgehead atoms. The normalized spacial score (nSPS) is 21.3. The summed E-state index contributed by atoms with van der Waals surface area (Å²) in [5.41, 5.74) is 5.79. The van der Waals surface area contributed by atoms with Crippen LogP contribution in [0.3, 0.4) is 0 Å². The van der Waals surface area contributed by atoms with Crippen LogP contribution < -0.4 is 10.5 Å². The molecule has 0 spiro atoms. The van der Waals surface area contributed by atoms with Crippen LogP contribution in [0.1, 0.15) is 19.8 Å². The van der Waals surface area contributed by atoms with E-state index in [9.17, 15) is 8.42 Å². The van der Waals surface area contributed by atoms with Gasteiger partial charge in [-0.1, -0.05) is 0 Å². The molecule has 6 heteroatoms. The lowest BCUT2D eigenvalue weighted by molar-refractivity contribution is 0.136. The van der Waals surface area contributed by atoms with Gasteiger partial charge < -0.3 is 10.5 Å². The van der Waals surface area contributed by atoms with Crippen LogP contribution in [0.5, 0.6) is 0 Å². The fourth-order valence-corrected chi connectivity index (χ4v) is 2.67. The van der Waals surface area contributed by atoms with Gasteiger partial charge >= 0.3 is 0 Å². The molecule has 0 aliphatic heterocycles. The van der Waals surface area contributed by atoms with Gasteiger partial charge in [-0.15, -0.1) is 0 Å². The zero-order chi connectivity index (χ0) is 11.5. The SMILES string of the molecule is COC(C)CS(=O)(=O)NCC(N)C1CC1. The van der Waals surface area contributed by atoms with Crippen LogP contribution in [0.4, 0.5) is 0 Å². The first-order valence-corrected chi connectivity index (χ1v) is 6.85. The van der Waals surface area contributed by atoms with Gasteiger partial charge in [0.15, 0.2) is 0 Å². The number of hydrogen-bond acceptors (Lipinski definition) is 4. The van der Waals surface area contributed by atoms with Gasteiger partial charge in [-0.2, -0.15) is 0 Å². The van der Waals surface area contributed by atoms with Gasteiger partial charge in [-0.3, -0.25) is 0 Å². The highest BCUT2D eigenvalue weighted by Gasteiger charge is 2.29. The number of ether oxygens (including phenoxy) is 1. The van der Waals surface area contributed by atoms with E-state index in [4.69, 9.17) is 10.5 Å². The maximum absolute atomic E-state index is 11.5. The Balaban J connectivity index is 2.28. The minimum atomic E-state index is -3.25. The molecule has 1 aliphatic rings. The first-order valence-electron chi connectivity index (χ1n) is 5.20. The molecular weight excluding hydrogens is 216 g/mol. The lowest BCUT2D eigenvalue weighted by Gasteiger charge is -2.14. The molecule has 1 saturated carbocycles. The van der Waals surface area contributed by atoms with Crippen LogP contribution in [0, 0.1) is 5.92 Å². The van der Waals surface area contributed by atoms with E-state index in [1.807, 2.05) is 0 Å². The Labute approximate surface area is 91.4 Å². The number of hydrogen-bond donors (Lipinski definition) is 2. The summed E-state index contributed by atoms with van der Waals surface area (Å²) in [6.45, 7) is 2.06. The molecule has 2 atom stereocenters. The molecule has 0 saturated heterocycles. The molecule has 5 nitrogen and oxygen atoms in total. The van der Waals surface area contributed by atoms with Crippen molar-refractivity contribution < 1.29 is 13.2 Å². The molecule has 1 rings (SSSR count). The average molecular weight is 236 g/mol. The summed E-state index contributed by atoms with van der Waals surface area (Å²) in [6.07, 6.45) is 1.95. The van der Waals surface area contributed by atoms with Crippen molar-refractivity contribution in [3.05, 3.63) is 0 Å². The smallest absolute Gasteiger partial charge is 0.214 e. The van der Waals surface area contributed by atoms with E-state index in [0.717, 1.165) is 12.8 Å². The van der Waals surface area contributed by atoms with E-state index in [1.54, 1.807) is 6.92 Å². The van der Waals surface area contributed by atoms with Gasteiger partial charge in [0, 0.05) is 19.7 Å². The third-order valence-corrected chi connectivity index (χ3v) is 4.14. The summed E-state index contributed by atoms with van der Waals surface area (Å²) in [6, 6.07) is -0.0439. The standard InChI is InChI=1S/C9H20N2O3S/c1-7(14-2)6-15(12,13)11-5-9(10)8-3-4-8/h7-9,11H,3-6,10H2,1-2H3. The van der Waals surface area contributed by atoms with E-state index >= 15 is 0 Å². The summed E-state index contributed by atoms with van der Waals surface area (Å²) in [5, 5.41) is 0. The predicted octanol–water partition coefficient (Wildman–Crippen LogP) is -0.322. The van der Waals surface area contributed by atoms with Crippen LogP contribution in [0.25, 0.3) is 0 Å². The van der Waals surface area contributed by atoms with E-state index in [1.165, 1.54) is 7.11 Å². The predicted molar refractivity (Wildman–Crippen MR) is 59.0 cm³/mol. The van der Waals surface area contributed by atoms with Crippen molar-refractivity contribution in [3.8, 4) is 0 Å². The van der Waals surface area contributed by atoms with Crippen LogP contribution in [0.2, 0.25) is 0 Å².